The van der Waals surface area contributed by atoms with Gasteiger partial charge in [0.15, 0.2) is 0 Å². The Labute approximate surface area is 70.2 Å². The number of hydrogen-bond donors (Lipinski definition) is 1. The van der Waals surface area contributed by atoms with E-state index < -0.39 is 0 Å². The van der Waals surface area contributed by atoms with Crippen molar-refractivity contribution in [1.82, 2.24) is 4.90 Å². The van der Waals surface area contributed by atoms with Gasteiger partial charge < -0.3 is 5.11 Å². The van der Waals surface area contributed by atoms with E-state index in [9.17, 15) is 5.11 Å². The molecule has 0 saturated heterocycles. The van der Waals surface area contributed by atoms with E-state index in [0.717, 1.165) is 13.0 Å². The van der Waals surface area contributed by atoms with E-state index in [1.807, 2.05) is 6.92 Å². The zero-order valence-electron chi connectivity index (χ0n) is 8.39. The van der Waals surface area contributed by atoms with E-state index in [0.29, 0.717) is 0 Å². The molecular weight excluding hydrogens is 138 g/mol. The highest BCUT2D eigenvalue weighted by molar-refractivity contribution is 4.84. The molecule has 0 aromatic carbocycles. The number of aliphatic hydroxyl groups is 1. The van der Waals surface area contributed by atoms with Gasteiger partial charge in [0, 0.05) is 5.54 Å². The van der Waals surface area contributed by atoms with Gasteiger partial charge in [-0.1, -0.05) is 6.92 Å². The van der Waals surface area contributed by atoms with Crippen molar-refractivity contribution >= 4 is 0 Å². The highest BCUT2D eigenvalue weighted by Gasteiger charge is 2.27. The van der Waals surface area contributed by atoms with Crippen molar-refractivity contribution in [1.29, 1.82) is 0 Å². The molecule has 0 aliphatic rings. The van der Waals surface area contributed by atoms with Crippen molar-refractivity contribution in [2.24, 2.45) is 0 Å². The van der Waals surface area contributed by atoms with Crippen molar-refractivity contribution in [3.63, 3.8) is 0 Å². The molecule has 2 nitrogen and oxygen atoms in total. The van der Waals surface area contributed by atoms with Crippen LogP contribution in [0, 0.1) is 0 Å². The molecule has 0 aliphatic heterocycles. The first kappa shape index (κ1) is 10.9. The predicted molar refractivity (Wildman–Crippen MR) is 48.7 cm³/mol. The Bertz CT molecular complexity index is 110. The van der Waals surface area contributed by atoms with Gasteiger partial charge >= 0.3 is 0 Å². The van der Waals surface area contributed by atoms with Crippen LogP contribution in [-0.2, 0) is 0 Å². The zero-order chi connectivity index (χ0) is 9.07. The fourth-order valence-corrected chi connectivity index (χ4v) is 0.943. The smallest absolute Gasteiger partial charge is 0.0690 e. The normalized spacial score (nSPS) is 15.5. The quantitative estimate of drug-likeness (QED) is 0.671. The molecule has 0 saturated carbocycles. The molecule has 0 rings (SSSR count). The molecule has 68 valence electrons. The fraction of sp³-hybridized carbons (Fsp3) is 1.00. The first-order valence-electron chi connectivity index (χ1n) is 4.32. The Morgan fingerprint density at radius 3 is 2.18 bits per heavy atom. The zero-order valence-corrected chi connectivity index (χ0v) is 8.39. The summed E-state index contributed by atoms with van der Waals surface area (Å²) in [6.45, 7) is 9.15. The monoisotopic (exact) mass is 159 g/mol. The maximum atomic E-state index is 9.44. The summed E-state index contributed by atoms with van der Waals surface area (Å²) >= 11 is 0. The molecule has 1 N–H and O–H groups in total. The molecule has 2 heteroatoms. The highest BCUT2D eigenvalue weighted by Crippen LogP contribution is 2.16. The molecule has 0 bridgehead atoms. The van der Waals surface area contributed by atoms with Crippen LogP contribution in [0.25, 0.3) is 0 Å². The molecule has 1 atom stereocenters. The number of aliphatic hydroxyl groups excluding tert-OH is 1. The maximum Gasteiger partial charge on any atom is 0.0690 e. The minimum atomic E-state index is -0.279. The molecule has 0 amide bonds. The summed E-state index contributed by atoms with van der Waals surface area (Å²) in [6, 6.07) is 0. The van der Waals surface area contributed by atoms with Crippen LogP contribution in [0.5, 0.6) is 0 Å². The molecule has 0 fully saturated rings. The minimum Gasteiger partial charge on any atom is -0.392 e. The van der Waals surface area contributed by atoms with Crippen LogP contribution in [0.3, 0.4) is 0 Å². The lowest BCUT2D eigenvalue weighted by Gasteiger charge is -2.37. The summed E-state index contributed by atoms with van der Waals surface area (Å²) in [6.07, 6.45) is 0.853. The summed E-state index contributed by atoms with van der Waals surface area (Å²) in [4.78, 5) is 2.19. The summed E-state index contributed by atoms with van der Waals surface area (Å²) < 4.78 is 0. The third-order valence-electron chi connectivity index (χ3n) is 2.57. The van der Waals surface area contributed by atoms with Crippen LogP contribution < -0.4 is 0 Å². The molecular formula is C9H21NO. The van der Waals surface area contributed by atoms with Crippen molar-refractivity contribution < 1.29 is 5.11 Å². The van der Waals surface area contributed by atoms with E-state index in [-0.39, 0.29) is 11.6 Å². The van der Waals surface area contributed by atoms with Gasteiger partial charge in [-0.3, -0.25) is 4.90 Å². The Morgan fingerprint density at radius 1 is 1.45 bits per heavy atom. The number of hydrogen-bond acceptors (Lipinski definition) is 2. The summed E-state index contributed by atoms with van der Waals surface area (Å²) in [5.41, 5.74) is -0.101. The third kappa shape index (κ3) is 2.80. The maximum absolute atomic E-state index is 9.44. The van der Waals surface area contributed by atoms with Gasteiger partial charge in [-0.2, -0.15) is 0 Å². The molecule has 0 spiro atoms. The van der Waals surface area contributed by atoms with Crippen molar-refractivity contribution in [2.45, 2.75) is 45.8 Å². The first-order valence-corrected chi connectivity index (χ1v) is 4.32. The van der Waals surface area contributed by atoms with Gasteiger partial charge in [-0.25, -0.2) is 0 Å². The fourth-order valence-electron chi connectivity index (χ4n) is 0.943. The van der Waals surface area contributed by atoms with Crippen molar-refractivity contribution in [2.75, 3.05) is 13.6 Å². The van der Waals surface area contributed by atoms with E-state index in [2.05, 4.69) is 32.7 Å². The van der Waals surface area contributed by atoms with Gasteiger partial charge in [0.05, 0.1) is 6.10 Å². The van der Waals surface area contributed by atoms with Crippen LogP contribution in [0.1, 0.15) is 34.1 Å². The highest BCUT2D eigenvalue weighted by atomic mass is 16.3. The largest absolute Gasteiger partial charge is 0.392 e. The molecule has 0 radical (unpaired) electrons. The van der Waals surface area contributed by atoms with E-state index >= 15 is 0 Å². The number of rotatable bonds is 4. The standard InChI is InChI=1S/C9H21NO/c1-6-7-10(5)9(3,4)8(2)11/h8,11H,6-7H2,1-5H3/t8-/m1/s1. The van der Waals surface area contributed by atoms with Crippen LogP contribution in [0.15, 0.2) is 0 Å². The van der Waals surface area contributed by atoms with E-state index in [1.165, 1.54) is 0 Å². The lowest BCUT2D eigenvalue weighted by Crippen LogP contribution is -2.49. The van der Waals surface area contributed by atoms with Gasteiger partial charge in [0.1, 0.15) is 0 Å². The average Bonchev–Trinajstić information content (AvgIpc) is 1.88. The van der Waals surface area contributed by atoms with Gasteiger partial charge in [0.2, 0.25) is 0 Å². The van der Waals surface area contributed by atoms with Crippen LogP contribution >= 0.6 is 0 Å². The summed E-state index contributed by atoms with van der Waals surface area (Å²) in [5, 5.41) is 9.44. The van der Waals surface area contributed by atoms with E-state index in [4.69, 9.17) is 0 Å². The van der Waals surface area contributed by atoms with Gasteiger partial charge in [-0.05, 0) is 40.8 Å². The average molecular weight is 159 g/mol. The SMILES string of the molecule is CCCN(C)C(C)(C)[C@@H](C)O. The van der Waals surface area contributed by atoms with Gasteiger partial charge in [-0.15, -0.1) is 0 Å². The topological polar surface area (TPSA) is 23.5 Å². The van der Waals surface area contributed by atoms with Crippen molar-refractivity contribution in [3.8, 4) is 0 Å². The molecule has 0 aromatic heterocycles. The Morgan fingerprint density at radius 2 is 1.91 bits per heavy atom. The predicted octanol–water partition coefficient (Wildman–Crippen LogP) is 1.49. The Hall–Kier alpha value is -0.0800. The number of likely N-dealkylation sites (N-methyl/N-ethyl adjacent to an activating group) is 1. The number of nitrogens with zero attached hydrogens (tertiary/aromatic N) is 1. The molecule has 0 unspecified atom stereocenters. The molecule has 0 aromatic rings. The first-order chi connectivity index (χ1) is 4.92. The second-order valence-electron chi connectivity index (χ2n) is 3.75. The van der Waals surface area contributed by atoms with Gasteiger partial charge in [0.25, 0.3) is 0 Å². The minimum absolute atomic E-state index is 0.101. The Balaban J connectivity index is 4.05. The van der Waals surface area contributed by atoms with Crippen LogP contribution in [0.2, 0.25) is 0 Å². The molecule has 0 aliphatic carbocycles. The molecule has 0 heterocycles. The lowest BCUT2D eigenvalue weighted by molar-refractivity contribution is 0.0161. The summed E-state index contributed by atoms with van der Waals surface area (Å²) in [5.74, 6) is 0. The molecule has 11 heavy (non-hydrogen) atoms. The second-order valence-corrected chi connectivity index (χ2v) is 3.75. The van der Waals surface area contributed by atoms with Crippen molar-refractivity contribution in [3.05, 3.63) is 0 Å². The van der Waals surface area contributed by atoms with Crippen LogP contribution in [-0.4, -0.2) is 35.2 Å². The third-order valence-corrected chi connectivity index (χ3v) is 2.57. The van der Waals surface area contributed by atoms with E-state index in [1.54, 1.807) is 0 Å². The lowest BCUT2D eigenvalue weighted by atomic mass is 9.97. The second kappa shape index (κ2) is 4.07. The Kier molecular flexibility index (Phi) is 4.04. The summed E-state index contributed by atoms with van der Waals surface area (Å²) in [7, 11) is 2.05. The van der Waals surface area contributed by atoms with Crippen LogP contribution in [0.4, 0.5) is 0 Å².